The highest BCUT2D eigenvalue weighted by atomic mass is 79.9. The first-order valence-electron chi connectivity index (χ1n) is 4.81. The van der Waals surface area contributed by atoms with Crippen LogP contribution < -0.4 is 4.90 Å². The molecule has 2 nitrogen and oxygen atoms in total. The van der Waals surface area contributed by atoms with Gasteiger partial charge in [-0.15, -0.1) is 0 Å². The van der Waals surface area contributed by atoms with Crippen molar-refractivity contribution in [2.24, 2.45) is 0 Å². The van der Waals surface area contributed by atoms with Crippen molar-refractivity contribution in [1.29, 1.82) is 0 Å². The first kappa shape index (κ1) is 9.71. The molecule has 0 aliphatic carbocycles. The molecule has 1 saturated heterocycles. The van der Waals surface area contributed by atoms with Crippen LogP contribution >= 0.6 is 15.9 Å². The number of carbonyl (C=O) groups excluding carboxylic acids is 1. The van der Waals surface area contributed by atoms with Gasteiger partial charge in [-0.05, 0) is 31.0 Å². The number of hydrogen-bond acceptors (Lipinski definition) is 2. The molecule has 0 bridgehead atoms. The summed E-state index contributed by atoms with van der Waals surface area (Å²) in [7, 11) is 0. The van der Waals surface area contributed by atoms with Crippen LogP contribution in [0.2, 0.25) is 0 Å². The van der Waals surface area contributed by atoms with Crippen molar-refractivity contribution in [2.75, 3.05) is 18.0 Å². The summed E-state index contributed by atoms with van der Waals surface area (Å²) in [5.74, 6) is 0. The Morgan fingerprint density at radius 3 is 2.64 bits per heavy atom. The Labute approximate surface area is 92.0 Å². The first-order chi connectivity index (χ1) is 6.81. The lowest BCUT2D eigenvalue weighted by atomic mass is 10.2. The van der Waals surface area contributed by atoms with Crippen LogP contribution in [0, 0.1) is 0 Å². The minimum absolute atomic E-state index is 0.779. The lowest BCUT2D eigenvalue weighted by molar-refractivity contribution is 0.112. The van der Waals surface area contributed by atoms with E-state index in [-0.39, 0.29) is 0 Å². The smallest absolute Gasteiger partial charge is 0.152 e. The second-order valence-corrected chi connectivity index (χ2v) is 4.43. The SMILES string of the molecule is O=Cc1cc(Br)ccc1N1CCCC1. The Morgan fingerprint density at radius 2 is 2.00 bits per heavy atom. The summed E-state index contributed by atoms with van der Waals surface area (Å²) in [6.45, 7) is 2.14. The van der Waals surface area contributed by atoms with Crippen LogP contribution in [0.15, 0.2) is 22.7 Å². The number of carbonyl (C=O) groups is 1. The Bertz CT molecular complexity index is 345. The molecule has 0 saturated carbocycles. The lowest BCUT2D eigenvalue weighted by Gasteiger charge is -2.19. The normalized spacial score (nSPS) is 15.9. The fraction of sp³-hybridized carbons (Fsp3) is 0.364. The molecule has 1 aromatic rings. The summed E-state index contributed by atoms with van der Waals surface area (Å²) in [5, 5.41) is 0. The van der Waals surface area contributed by atoms with E-state index in [1.54, 1.807) is 0 Å². The van der Waals surface area contributed by atoms with Crippen molar-refractivity contribution < 1.29 is 4.79 Å². The highest BCUT2D eigenvalue weighted by Gasteiger charge is 2.15. The van der Waals surface area contributed by atoms with Crippen LogP contribution in [0.1, 0.15) is 23.2 Å². The quantitative estimate of drug-likeness (QED) is 0.756. The van der Waals surface area contributed by atoms with Crippen molar-refractivity contribution in [3.63, 3.8) is 0 Å². The molecule has 0 N–H and O–H groups in total. The first-order valence-corrected chi connectivity index (χ1v) is 5.60. The van der Waals surface area contributed by atoms with Crippen molar-refractivity contribution >= 4 is 27.9 Å². The second-order valence-electron chi connectivity index (χ2n) is 3.52. The van der Waals surface area contributed by atoms with Gasteiger partial charge in [-0.3, -0.25) is 4.79 Å². The number of aldehydes is 1. The maximum Gasteiger partial charge on any atom is 0.152 e. The van der Waals surface area contributed by atoms with E-state index in [4.69, 9.17) is 0 Å². The summed E-state index contributed by atoms with van der Waals surface area (Å²) in [6, 6.07) is 5.88. The highest BCUT2D eigenvalue weighted by Crippen LogP contribution is 2.26. The molecule has 0 radical (unpaired) electrons. The van der Waals surface area contributed by atoms with E-state index >= 15 is 0 Å². The van der Waals surface area contributed by atoms with Gasteiger partial charge in [0.05, 0.1) is 0 Å². The molecule has 1 fully saturated rings. The summed E-state index contributed by atoms with van der Waals surface area (Å²) in [5.41, 5.74) is 1.85. The molecule has 1 aliphatic rings. The maximum absolute atomic E-state index is 10.9. The minimum Gasteiger partial charge on any atom is -0.371 e. The van der Waals surface area contributed by atoms with Gasteiger partial charge in [-0.2, -0.15) is 0 Å². The van der Waals surface area contributed by atoms with Crippen LogP contribution in [0.4, 0.5) is 5.69 Å². The third kappa shape index (κ3) is 1.82. The average molecular weight is 254 g/mol. The van der Waals surface area contributed by atoms with Crippen molar-refractivity contribution in [2.45, 2.75) is 12.8 Å². The van der Waals surface area contributed by atoms with E-state index in [0.29, 0.717) is 0 Å². The molecule has 0 spiro atoms. The van der Waals surface area contributed by atoms with Gasteiger partial charge in [0, 0.05) is 28.8 Å². The van der Waals surface area contributed by atoms with Gasteiger partial charge in [0.2, 0.25) is 0 Å². The molecule has 0 aromatic heterocycles. The molecule has 0 atom stereocenters. The van der Waals surface area contributed by atoms with E-state index < -0.39 is 0 Å². The van der Waals surface area contributed by atoms with Crippen LogP contribution in [0.3, 0.4) is 0 Å². The van der Waals surface area contributed by atoms with Crippen molar-refractivity contribution in [3.8, 4) is 0 Å². The summed E-state index contributed by atoms with van der Waals surface area (Å²) >= 11 is 3.37. The summed E-state index contributed by atoms with van der Waals surface area (Å²) < 4.78 is 0.961. The molecule has 14 heavy (non-hydrogen) atoms. The minimum atomic E-state index is 0.779. The Morgan fingerprint density at radius 1 is 1.29 bits per heavy atom. The molecular formula is C11H12BrNO. The fourth-order valence-electron chi connectivity index (χ4n) is 1.87. The predicted molar refractivity (Wildman–Crippen MR) is 61.0 cm³/mol. The van der Waals surface area contributed by atoms with E-state index in [9.17, 15) is 4.79 Å². The average Bonchev–Trinajstić information content (AvgIpc) is 2.70. The molecule has 1 aromatic carbocycles. The number of nitrogens with zero attached hydrogens (tertiary/aromatic N) is 1. The zero-order valence-electron chi connectivity index (χ0n) is 7.87. The molecule has 1 aliphatic heterocycles. The molecular weight excluding hydrogens is 242 g/mol. The Kier molecular flexibility index (Phi) is 2.87. The van der Waals surface area contributed by atoms with Gasteiger partial charge in [0.1, 0.15) is 0 Å². The highest BCUT2D eigenvalue weighted by molar-refractivity contribution is 9.10. The summed E-state index contributed by atoms with van der Waals surface area (Å²) in [4.78, 5) is 13.2. The molecule has 1 heterocycles. The Balaban J connectivity index is 2.35. The van der Waals surface area contributed by atoms with Crippen LogP contribution in [-0.2, 0) is 0 Å². The third-order valence-corrected chi connectivity index (χ3v) is 3.06. The zero-order valence-corrected chi connectivity index (χ0v) is 9.46. The van der Waals surface area contributed by atoms with Crippen molar-refractivity contribution in [3.05, 3.63) is 28.2 Å². The standard InChI is InChI=1S/C11H12BrNO/c12-10-3-4-11(9(7-10)8-14)13-5-1-2-6-13/h3-4,7-8H,1-2,5-6H2. The van der Waals surface area contributed by atoms with Crippen LogP contribution in [-0.4, -0.2) is 19.4 Å². The monoisotopic (exact) mass is 253 g/mol. The maximum atomic E-state index is 10.9. The van der Waals surface area contributed by atoms with Gasteiger partial charge in [-0.25, -0.2) is 0 Å². The van der Waals surface area contributed by atoms with E-state index in [1.165, 1.54) is 12.8 Å². The number of hydrogen-bond donors (Lipinski definition) is 0. The molecule has 0 amide bonds. The number of anilines is 1. The summed E-state index contributed by atoms with van der Waals surface area (Å²) in [6.07, 6.45) is 3.39. The van der Waals surface area contributed by atoms with Gasteiger partial charge in [-0.1, -0.05) is 15.9 Å². The van der Waals surface area contributed by atoms with Crippen molar-refractivity contribution in [1.82, 2.24) is 0 Å². The number of rotatable bonds is 2. The van der Waals surface area contributed by atoms with Crippen LogP contribution in [0.25, 0.3) is 0 Å². The second kappa shape index (κ2) is 4.13. The van der Waals surface area contributed by atoms with E-state index in [2.05, 4.69) is 20.8 Å². The predicted octanol–water partition coefficient (Wildman–Crippen LogP) is 2.86. The molecule has 0 unspecified atom stereocenters. The number of benzene rings is 1. The van der Waals surface area contributed by atoms with E-state index in [1.807, 2.05) is 18.2 Å². The van der Waals surface area contributed by atoms with E-state index in [0.717, 1.165) is 35.1 Å². The number of halogens is 1. The fourth-order valence-corrected chi connectivity index (χ4v) is 2.24. The van der Waals surface area contributed by atoms with Crippen LogP contribution in [0.5, 0.6) is 0 Å². The molecule has 2 rings (SSSR count). The van der Waals surface area contributed by atoms with Gasteiger partial charge < -0.3 is 4.90 Å². The topological polar surface area (TPSA) is 20.3 Å². The largest absolute Gasteiger partial charge is 0.371 e. The lowest BCUT2D eigenvalue weighted by Crippen LogP contribution is -2.19. The third-order valence-electron chi connectivity index (χ3n) is 2.56. The molecule has 3 heteroatoms. The zero-order chi connectivity index (χ0) is 9.97. The van der Waals surface area contributed by atoms with Gasteiger partial charge in [0.25, 0.3) is 0 Å². The Hall–Kier alpha value is -0.830. The van der Waals surface area contributed by atoms with Gasteiger partial charge in [0.15, 0.2) is 6.29 Å². The molecule has 74 valence electrons. The van der Waals surface area contributed by atoms with Gasteiger partial charge >= 0.3 is 0 Å².